The number of hydrogen-bond donors (Lipinski definition) is 2. The molecule has 2 fully saturated rings. The summed E-state index contributed by atoms with van der Waals surface area (Å²) in [6, 6.07) is 7.32. The Morgan fingerprint density at radius 2 is 2.27 bits per heavy atom. The molecule has 0 unspecified atom stereocenters. The first-order valence-corrected chi connectivity index (χ1v) is 9.92. The van der Waals surface area contributed by atoms with Crippen LogP contribution < -0.4 is 15.8 Å². The molecule has 154 valence electrons. The SMILES string of the molecule is Cc1cnc(NC(C=NC2CC2)=CN)nc1-c1ccc(OCC2(C#N)CC2)c(F)c1. The minimum Gasteiger partial charge on any atom is -0.489 e. The first kappa shape index (κ1) is 19.8. The van der Waals surface area contributed by atoms with Crippen LogP contribution in [0.5, 0.6) is 5.75 Å². The largest absolute Gasteiger partial charge is 0.489 e. The van der Waals surface area contributed by atoms with Crippen molar-refractivity contribution in [3.8, 4) is 23.1 Å². The summed E-state index contributed by atoms with van der Waals surface area (Å²) in [5.41, 5.74) is 7.82. The van der Waals surface area contributed by atoms with Crippen molar-refractivity contribution in [2.75, 3.05) is 11.9 Å². The standard InChI is InChI=1S/C22H23FN6O/c1-14-10-27-21(28-17(9-24)11-26-16-3-4-16)29-20(14)15-2-5-19(18(23)8-15)30-13-22(12-25)6-7-22/h2,5,8-11,16H,3-4,6-7,13,24H2,1H3,(H,27,28,29). The van der Waals surface area contributed by atoms with Crippen molar-refractivity contribution in [3.63, 3.8) is 0 Å². The van der Waals surface area contributed by atoms with E-state index < -0.39 is 11.2 Å². The number of hydrogen-bond acceptors (Lipinski definition) is 7. The minimum absolute atomic E-state index is 0.134. The molecule has 1 heterocycles. The third-order valence-electron chi connectivity index (χ3n) is 5.18. The summed E-state index contributed by atoms with van der Waals surface area (Å²) in [4.78, 5) is 13.2. The topological polar surface area (TPSA) is 109 Å². The molecule has 3 N–H and O–H groups in total. The minimum atomic E-state index is -0.493. The monoisotopic (exact) mass is 406 g/mol. The number of nitriles is 1. The van der Waals surface area contributed by atoms with Gasteiger partial charge in [0.2, 0.25) is 5.95 Å². The van der Waals surface area contributed by atoms with E-state index in [1.165, 1.54) is 12.3 Å². The average molecular weight is 406 g/mol. The lowest BCUT2D eigenvalue weighted by molar-refractivity contribution is 0.257. The molecule has 7 nitrogen and oxygen atoms in total. The van der Waals surface area contributed by atoms with E-state index in [0.29, 0.717) is 28.9 Å². The molecule has 1 aromatic heterocycles. The van der Waals surface area contributed by atoms with Gasteiger partial charge in [-0.15, -0.1) is 0 Å². The summed E-state index contributed by atoms with van der Waals surface area (Å²) in [7, 11) is 0. The van der Waals surface area contributed by atoms with Crippen molar-refractivity contribution in [3.05, 3.63) is 47.7 Å². The molecule has 0 radical (unpaired) electrons. The van der Waals surface area contributed by atoms with Crippen molar-refractivity contribution in [1.29, 1.82) is 5.26 Å². The van der Waals surface area contributed by atoms with Crippen LogP contribution in [0.4, 0.5) is 10.3 Å². The highest BCUT2D eigenvalue weighted by atomic mass is 19.1. The Kier molecular flexibility index (Phi) is 5.36. The molecule has 2 saturated carbocycles. The van der Waals surface area contributed by atoms with Crippen LogP contribution in [0.2, 0.25) is 0 Å². The molecule has 4 rings (SSSR count). The fourth-order valence-electron chi connectivity index (χ4n) is 2.87. The van der Waals surface area contributed by atoms with Gasteiger partial charge in [-0.2, -0.15) is 5.26 Å². The van der Waals surface area contributed by atoms with E-state index in [1.54, 1.807) is 24.5 Å². The van der Waals surface area contributed by atoms with Gasteiger partial charge in [0.25, 0.3) is 0 Å². The summed E-state index contributed by atoms with van der Waals surface area (Å²) in [6.07, 6.45) is 8.55. The second-order valence-corrected chi connectivity index (χ2v) is 7.81. The molecule has 0 spiro atoms. The maximum absolute atomic E-state index is 14.6. The maximum Gasteiger partial charge on any atom is 0.227 e. The second-order valence-electron chi connectivity index (χ2n) is 7.81. The summed E-state index contributed by atoms with van der Waals surface area (Å²) in [5, 5.41) is 12.2. The first-order valence-electron chi connectivity index (χ1n) is 9.92. The maximum atomic E-state index is 14.6. The lowest BCUT2D eigenvalue weighted by Crippen LogP contribution is -2.11. The van der Waals surface area contributed by atoms with Crippen molar-refractivity contribution < 1.29 is 9.13 Å². The lowest BCUT2D eigenvalue weighted by Gasteiger charge is -2.12. The van der Waals surface area contributed by atoms with E-state index in [0.717, 1.165) is 31.2 Å². The number of ether oxygens (including phenoxy) is 1. The van der Waals surface area contributed by atoms with E-state index in [1.807, 2.05) is 6.92 Å². The third kappa shape index (κ3) is 4.57. The predicted molar refractivity (Wildman–Crippen MR) is 112 cm³/mol. The second kappa shape index (κ2) is 8.11. The summed E-state index contributed by atoms with van der Waals surface area (Å²) in [5.74, 6) is -0.0113. The Labute approximate surface area is 174 Å². The Morgan fingerprint density at radius 1 is 1.47 bits per heavy atom. The zero-order valence-electron chi connectivity index (χ0n) is 16.7. The third-order valence-corrected chi connectivity index (χ3v) is 5.18. The fraction of sp³-hybridized carbons (Fsp3) is 0.364. The zero-order valence-corrected chi connectivity index (χ0v) is 16.7. The molecule has 30 heavy (non-hydrogen) atoms. The Balaban J connectivity index is 1.50. The smallest absolute Gasteiger partial charge is 0.227 e. The van der Waals surface area contributed by atoms with Crippen LogP contribution in [0.1, 0.15) is 31.2 Å². The molecule has 1 aromatic carbocycles. The number of nitrogens with one attached hydrogen (secondary N) is 1. The van der Waals surface area contributed by atoms with Gasteiger partial charge < -0.3 is 15.8 Å². The highest BCUT2D eigenvalue weighted by Gasteiger charge is 2.44. The van der Waals surface area contributed by atoms with Gasteiger partial charge in [0.15, 0.2) is 11.6 Å². The van der Waals surface area contributed by atoms with Crippen molar-refractivity contribution in [2.24, 2.45) is 16.1 Å². The van der Waals surface area contributed by atoms with Crippen LogP contribution in [-0.2, 0) is 0 Å². The average Bonchev–Trinajstić information content (AvgIpc) is 3.67. The molecule has 0 bridgehead atoms. The fourth-order valence-corrected chi connectivity index (χ4v) is 2.87. The highest BCUT2D eigenvalue weighted by Crippen LogP contribution is 2.45. The highest BCUT2D eigenvalue weighted by molar-refractivity contribution is 5.82. The quantitative estimate of drug-likeness (QED) is 0.647. The molecule has 2 aliphatic carbocycles. The summed E-state index contributed by atoms with van der Waals surface area (Å²) in [6.45, 7) is 2.07. The van der Waals surface area contributed by atoms with Crippen LogP contribution in [0.25, 0.3) is 11.3 Å². The van der Waals surface area contributed by atoms with Crippen molar-refractivity contribution in [2.45, 2.75) is 38.6 Å². The number of aromatic nitrogens is 2. The number of nitrogens with two attached hydrogens (primary N) is 1. The number of aliphatic imine (C=N–C) groups is 1. The van der Waals surface area contributed by atoms with Crippen LogP contribution in [0.3, 0.4) is 0 Å². The number of halogens is 1. The van der Waals surface area contributed by atoms with Crippen LogP contribution in [-0.4, -0.2) is 28.8 Å². The number of nitrogens with zero attached hydrogens (tertiary/aromatic N) is 4. The van der Waals surface area contributed by atoms with Gasteiger partial charge in [0.05, 0.1) is 28.9 Å². The van der Waals surface area contributed by atoms with Gasteiger partial charge in [0, 0.05) is 24.2 Å². The van der Waals surface area contributed by atoms with Crippen LogP contribution in [0, 0.1) is 29.5 Å². The van der Waals surface area contributed by atoms with Gasteiger partial charge in [-0.1, -0.05) is 0 Å². The molecular formula is C22H23FN6O. The van der Waals surface area contributed by atoms with E-state index in [2.05, 4.69) is 26.3 Å². The molecule has 2 aromatic rings. The summed E-state index contributed by atoms with van der Waals surface area (Å²) < 4.78 is 20.1. The van der Waals surface area contributed by atoms with E-state index in [9.17, 15) is 4.39 Å². The Hall–Kier alpha value is -3.47. The van der Waals surface area contributed by atoms with Crippen LogP contribution in [0.15, 0.2) is 41.3 Å². The van der Waals surface area contributed by atoms with Gasteiger partial charge in [0.1, 0.15) is 6.61 Å². The molecular weight excluding hydrogens is 383 g/mol. The lowest BCUT2D eigenvalue weighted by atomic mass is 10.1. The van der Waals surface area contributed by atoms with Gasteiger partial charge in [-0.25, -0.2) is 14.4 Å². The number of aryl methyl sites for hydroxylation is 1. The zero-order chi connectivity index (χ0) is 21.1. The van der Waals surface area contributed by atoms with E-state index in [-0.39, 0.29) is 12.4 Å². The molecule has 2 aliphatic rings. The van der Waals surface area contributed by atoms with Gasteiger partial charge in [-0.3, -0.25) is 4.99 Å². The Morgan fingerprint density at radius 3 is 2.90 bits per heavy atom. The Bertz CT molecular complexity index is 1050. The van der Waals surface area contributed by atoms with Crippen molar-refractivity contribution >= 4 is 12.2 Å². The molecule has 0 aliphatic heterocycles. The molecule has 8 heteroatoms. The summed E-state index contributed by atoms with van der Waals surface area (Å²) >= 11 is 0. The van der Waals surface area contributed by atoms with Gasteiger partial charge >= 0.3 is 0 Å². The molecule has 0 saturated heterocycles. The van der Waals surface area contributed by atoms with Crippen molar-refractivity contribution in [1.82, 2.24) is 9.97 Å². The number of anilines is 1. The van der Waals surface area contributed by atoms with Crippen LogP contribution >= 0.6 is 0 Å². The normalized spacial score (nSPS) is 17.6. The van der Waals surface area contributed by atoms with E-state index >= 15 is 0 Å². The first-order chi connectivity index (χ1) is 14.5. The molecule has 0 amide bonds. The number of benzene rings is 1. The predicted octanol–water partition coefficient (Wildman–Crippen LogP) is 3.72. The molecule has 0 atom stereocenters. The van der Waals surface area contributed by atoms with Gasteiger partial charge in [-0.05, 0) is 56.4 Å². The number of rotatable bonds is 8. The number of allylic oxidation sites excluding steroid dienone is 1. The van der Waals surface area contributed by atoms with E-state index in [4.69, 9.17) is 15.7 Å².